The molecular formula is C14H25N5S. The minimum atomic E-state index is 0.610. The van der Waals surface area contributed by atoms with Crippen LogP contribution in [0, 0.1) is 0 Å². The predicted molar refractivity (Wildman–Crippen MR) is 86.7 cm³/mol. The van der Waals surface area contributed by atoms with Crippen LogP contribution in [0.2, 0.25) is 0 Å². The van der Waals surface area contributed by atoms with Crippen LogP contribution in [0.1, 0.15) is 26.2 Å². The lowest BCUT2D eigenvalue weighted by Crippen LogP contribution is -2.40. The molecule has 1 aromatic heterocycles. The lowest BCUT2D eigenvalue weighted by molar-refractivity contribution is 0.194. The van der Waals surface area contributed by atoms with Gasteiger partial charge in [0.1, 0.15) is 11.6 Å². The van der Waals surface area contributed by atoms with Gasteiger partial charge in [0.2, 0.25) is 0 Å². The summed E-state index contributed by atoms with van der Waals surface area (Å²) in [6, 6.07) is 2.60. The number of hydrogen-bond acceptors (Lipinski definition) is 6. The summed E-state index contributed by atoms with van der Waals surface area (Å²) < 4.78 is 0. The van der Waals surface area contributed by atoms with Crippen molar-refractivity contribution in [2.45, 2.75) is 37.4 Å². The van der Waals surface area contributed by atoms with E-state index in [1.54, 1.807) is 11.8 Å². The Kier molecular flexibility index (Phi) is 5.91. The molecule has 0 aromatic carbocycles. The van der Waals surface area contributed by atoms with Crippen LogP contribution in [0.3, 0.4) is 0 Å². The molecule has 6 heteroatoms. The van der Waals surface area contributed by atoms with E-state index in [9.17, 15) is 0 Å². The van der Waals surface area contributed by atoms with Crippen molar-refractivity contribution >= 4 is 23.4 Å². The highest BCUT2D eigenvalue weighted by atomic mass is 32.2. The molecule has 0 amide bonds. The first-order valence-electron chi connectivity index (χ1n) is 7.34. The maximum atomic E-state index is 4.53. The fraction of sp³-hybridized carbons (Fsp3) is 0.714. The third-order valence-corrected chi connectivity index (χ3v) is 4.23. The number of likely N-dealkylation sites (tertiary alicyclic amines) is 1. The van der Waals surface area contributed by atoms with E-state index in [-0.39, 0.29) is 0 Å². The Labute approximate surface area is 125 Å². The molecule has 2 heterocycles. The Balaban J connectivity index is 1.98. The van der Waals surface area contributed by atoms with Gasteiger partial charge in [-0.3, -0.25) is 0 Å². The van der Waals surface area contributed by atoms with Crippen LogP contribution in [-0.4, -0.2) is 53.8 Å². The molecule has 1 atom stereocenters. The molecule has 0 radical (unpaired) electrons. The number of anilines is 2. The molecule has 1 fully saturated rings. The number of nitrogens with zero attached hydrogens (tertiary/aromatic N) is 3. The minimum absolute atomic E-state index is 0.610. The molecule has 1 saturated heterocycles. The third-order valence-electron chi connectivity index (χ3n) is 3.69. The highest BCUT2D eigenvalue weighted by Crippen LogP contribution is 2.19. The first kappa shape index (κ1) is 15.4. The van der Waals surface area contributed by atoms with E-state index in [0.717, 1.165) is 29.9 Å². The molecule has 1 unspecified atom stereocenters. The smallest absolute Gasteiger partial charge is 0.191 e. The van der Waals surface area contributed by atoms with E-state index < -0.39 is 0 Å². The molecule has 2 N–H and O–H groups in total. The van der Waals surface area contributed by atoms with Crippen LogP contribution < -0.4 is 10.6 Å². The van der Waals surface area contributed by atoms with Crippen molar-refractivity contribution in [3.8, 4) is 0 Å². The second-order valence-corrected chi connectivity index (χ2v) is 5.94. The Bertz CT molecular complexity index is 426. The molecule has 112 valence electrons. The maximum Gasteiger partial charge on any atom is 0.191 e. The first-order valence-corrected chi connectivity index (χ1v) is 8.56. The molecule has 5 nitrogen and oxygen atoms in total. The summed E-state index contributed by atoms with van der Waals surface area (Å²) in [6.07, 6.45) is 5.93. The zero-order valence-electron chi connectivity index (χ0n) is 12.6. The van der Waals surface area contributed by atoms with Crippen LogP contribution >= 0.6 is 11.8 Å². The Morgan fingerprint density at radius 3 is 2.70 bits per heavy atom. The van der Waals surface area contributed by atoms with Gasteiger partial charge in [0.25, 0.3) is 0 Å². The Morgan fingerprint density at radius 2 is 2.05 bits per heavy atom. The van der Waals surface area contributed by atoms with Gasteiger partial charge in [-0.25, -0.2) is 9.97 Å². The molecule has 0 bridgehead atoms. The molecular weight excluding hydrogens is 270 g/mol. The summed E-state index contributed by atoms with van der Waals surface area (Å²) in [7, 11) is 2.21. The number of nitrogens with one attached hydrogen (secondary N) is 2. The summed E-state index contributed by atoms with van der Waals surface area (Å²) in [5.41, 5.74) is 0. The largest absolute Gasteiger partial charge is 0.370 e. The zero-order chi connectivity index (χ0) is 14.4. The lowest BCUT2D eigenvalue weighted by Gasteiger charge is -2.32. The van der Waals surface area contributed by atoms with Crippen LogP contribution in [0.15, 0.2) is 11.2 Å². The molecule has 2 rings (SSSR count). The van der Waals surface area contributed by atoms with Crippen LogP contribution in [0.4, 0.5) is 11.6 Å². The number of hydrogen-bond donors (Lipinski definition) is 2. The van der Waals surface area contributed by atoms with Crippen LogP contribution in [-0.2, 0) is 0 Å². The molecule has 0 spiro atoms. The molecule has 0 saturated carbocycles. The summed E-state index contributed by atoms with van der Waals surface area (Å²) in [6.45, 7) is 5.10. The van der Waals surface area contributed by atoms with E-state index in [1.807, 2.05) is 12.3 Å². The summed E-state index contributed by atoms with van der Waals surface area (Å²) >= 11 is 1.57. The number of rotatable bonds is 6. The maximum absolute atomic E-state index is 4.53. The lowest BCUT2D eigenvalue weighted by atomic mass is 10.0. The van der Waals surface area contributed by atoms with E-state index in [2.05, 4.69) is 39.5 Å². The first-order chi connectivity index (χ1) is 9.72. The van der Waals surface area contributed by atoms with E-state index in [4.69, 9.17) is 0 Å². The van der Waals surface area contributed by atoms with E-state index >= 15 is 0 Å². The second-order valence-electron chi connectivity index (χ2n) is 5.17. The minimum Gasteiger partial charge on any atom is -0.370 e. The third kappa shape index (κ3) is 4.24. The van der Waals surface area contributed by atoms with Crippen molar-refractivity contribution in [2.75, 3.05) is 43.6 Å². The topological polar surface area (TPSA) is 53.1 Å². The van der Waals surface area contributed by atoms with E-state index in [0.29, 0.717) is 6.04 Å². The van der Waals surface area contributed by atoms with Gasteiger partial charge in [-0.05, 0) is 39.6 Å². The van der Waals surface area contributed by atoms with Crippen molar-refractivity contribution in [2.24, 2.45) is 0 Å². The quantitative estimate of drug-likeness (QED) is 0.621. The summed E-state index contributed by atoms with van der Waals surface area (Å²) in [5.74, 6) is 1.81. The molecule has 1 aliphatic rings. The van der Waals surface area contributed by atoms with Gasteiger partial charge < -0.3 is 15.5 Å². The van der Waals surface area contributed by atoms with Gasteiger partial charge in [-0.15, -0.1) is 0 Å². The van der Waals surface area contributed by atoms with Gasteiger partial charge in [-0.1, -0.05) is 18.2 Å². The van der Waals surface area contributed by atoms with Crippen molar-refractivity contribution in [3.63, 3.8) is 0 Å². The molecule has 0 aliphatic carbocycles. The fourth-order valence-electron chi connectivity index (χ4n) is 2.50. The number of aromatic nitrogens is 2. The normalized spacial score (nSPS) is 19.9. The standard InChI is InChI=1S/C14H25N5S/c1-4-15-12-9-13(18-14(17-12)20-3)16-10-11-7-5-6-8-19(11)2/h9,11H,4-8,10H2,1-3H3,(H2,15,16,17,18). The Hall–Kier alpha value is -1.01. The van der Waals surface area contributed by atoms with Gasteiger partial charge in [0, 0.05) is 25.2 Å². The van der Waals surface area contributed by atoms with E-state index in [1.165, 1.54) is 25.8 Å². The SMILES string of the molecule is CCNc1cc(NCC2CCCCN2C)nc(SC)n1. The zero-order valence-corrected chi connectivity index (χ0v) is 13.5. The average Bonchev–Trinajstić information content (AvgIpc) is 2.46. The van der Waals surface area contributed by atoms with Gasteiger partial charge in [0.05, 0.1) is 0 Å². The Morgan fingerprint density at radius 1 is 1.30 bits per heavy atom. The van der Waals surface area contributed by atoms with Crippen molar-refractivity contribution in [1.82, 2.24) is 14.9 Å². The molecule has 1 aliphatic heterocycles. The summed E-state index contributed by atoms with van der Waals surface area (Å²) in [5, 5.41) is 7.53. The van der Waals surface area contributed by atoms with Crippen LogP contribution in [0.5, 0.6) is 0 Å². The van der Waals surface area contributed by atoms with Gasteiger partial charge in [-0.2, -0.15) is 0 Å². The second kappa shape index (κ2) is 7.69. The van der Waals surface area contributed by atoms with Crippen LogP contribution in [0.25, 0.3) is 0 Å². The highest BCUT2D eigenvalue weighted by molar-refractivity contribution is 7.98. The van der Waals surface area contributed by atoms with Crippen molar-refractivity contribution in [3.05, 3.63) is 6.07 Å². The van der Waals surface area contributed by atoms with Gasteiger partial charge >= 0.3 is 0 Å². The number of thioether (sulfide) groups is 1. The highest BCUT2D eigenvalue weighted by Gasteiger charge is 2.18. The predicted octanol–water partition coefficient (Wildman–Crippen LogP) is 2.53. The molecule has 1 aromatic rings. The molecule has 20 heavy (non-hydrogen) atoms. The van der Waals surface area contributed by atoms with Crippen molar-refractivity contribution < 1.29 is 0 Å². The average molecular weight is 295 g/mol. The number of likely N-dealkylation sites (N-methyl/N-ethyl adjacent to an activating group) is 1. The van der Waals surface area contributed by atoms with Crippen molar-refractivity contribution in [1.29, 1.82) is 0 Å². The fourth-order valence-corrected chi connectivity index (χ4v) is 2.88. The summed E-state index contributed by atoms with van der Waals surface area (Å²) in [4.78, 5) is 11.4. The number of piperidine rings is 1. The monoisotopic (exact) mass is 295 g/mol. The van der Waals surface area contributed by atoms with Gasteiger partial charge in [0.15, 0.2) is 5.16 Å².